The van der Waals surface area contributed by atoms with Crippen molar-refractivity contribution < 1.29 is 9.15 Å². The van der Waals surface area contributed by atoms with Gasteiger partial charge in [-0.05, 0) is 44.6 Å². The molecule has 5 nitrogen and oxygen atoms in total. The molecule has 0 atom stereocenters. The van der Waals surface area contributed by atoms with E-state index in [0.29, 0.717) is 12.6 Å². The zero-order valence-electron chi connectivity index (χ0n) is 15.8. The lowest BCUT2D eigenvalue weighted by atomic mass is 10.1. The van der Waals surface area contributed by atoms with Crippen LogP contribution < -0.4 is 5.32 Å². The standard InChI is InChI=1S/C21H29N3O2/c1-15-18-5-3-4-6-19(18)26-20(15)13-23-21(22-2)24-11-9-17(10-12-24)25-14-16-7-8-16/h3-6,16-17H,7-14H2,1-2H3,(H,22,23). The second kappa shape index (κ2) is 7.70. The van der Waals surface area contributed by atoms with Crippen molar-refractivity contribution in [3.05, 3.63) is 35.6 Å². The fourth-order valence-corrected chi connectivity index (χ4v) is 3.68. The molecule has 2 aliphatic rings. The number of guanidine groups is 1. The second-order valence-electron chi connectivity index (χ2n) is 7.51. The van der Waals surface area contributed by atoms with Crippen LogP contribution in [0, 0.1) is 12.8 Å². The smallest absolute Gasteiger partial charge is 0.194 e. The molecule has 1 saturated carbocycles. The molecule has 0 unspecified atom stereocenters. The van der Waals surface area contributed by atoms with Crippen molar-refractivity contribution >= 4 is 16.9 Å². The number of para-hydroxylation sites is 1. The van der Waals surface area contributed by atoms with Crippen LogP contribution in [-0.4, -0.2) is 43.7 Å². The number of nitrogens with zero attached hydrogens (tertiary/aromatic N) is 2. The van der Waals surface area contributed by atoms with Crippen LogP contribution >= 0.6 is 0 Å². The van der Waals surface area contributed by atoms with E-state index in [2.05, 4.69) is 34.3 Å². The van der Waals surface area contributed by atoms with Crippen molar-refractivity contribution in [3.63, 3.8) is 0 Å². The fraction of sp³-hybridized carbons (Fsp3) is 0.571. The summed E-state index contributed by atoms with van der Waals surface area (Å²) < 4.78 is 12.0. The lowest BCUT2D eigenvalue weighted by molar-refractivity contribution is 0.0131. The number of aryl methyl sites for hydroxylation is 1. The highest BCUT2D eigenvalue weighted by Crippen LogP contribution is 2.30. The summed E-state index contributed by atoms with van der Waals surface area (Å²) in [6.07, 6.45) is 5.30. The van der Waals surface area contributed by atoms with Crippen molar-refractivity contribution in [2.75, 3.05) is 26.7 Å². The van der Waals surface area contributed by atoms with Crippen LogP contribution in [0.3, 0.4) is 0 Å². The van der Waals surface area contributed by atoms with E-state index in [0.717, 1.165) is 55.8 Å². The molecule has 140 valence electrons. The number of benzene rings is 1. The number of aliphatic imine (C=N–C) groups is 1. The number of likely N-dealkylation sites (tertiary alicyclic amines) is 1. The van der Waals surface area contributed by atoms with Crippen LogP contribution in [0.4, 0.5) is 0 Å². The second-order valence-corrected chi connectivity index (χ2v) is 7.51. The molecule has 2 heterocycles. The van der Waals surface area contributed by atoms with Crippen LogP contribution in [0.5, 0.6) is 0 Å². The maximum Gasteiger partial charge on any atom is 0.194 e. The molecule has 0 bridgehead atoms. The first-order chi connectivity index (χ1) is 12.7. The highest BCUT2D eigenvalue weighted by Gasteiger charge is 2.26. The van der Waals surface area contributed by atoms with Crippen molar-refractivity contribution in [1.82, 2.24) is 10.2 Å². The molecule has 1 aliphatic carbocycles. The summed E-state index contributed by atoms with van der Waals surface area (Å²) in [7, 11) is 1.85. The van der Waals surface area contributed by atoms with E-state index < -0.39 is 0 Å². The minimum absolute atomic E-state index is 0.419. The van der Waals surface area contributed by atoms with E-state index in [1.165, 1.54) is 23.8 Å². The molecule has 1 N–H and O–H groups in total. The minimum Gasteiger partial charge on any atom is -0.459 e. The van der Waals surface area contributed by atoms with Gasteiger partial charge in [-0.25, -0.2) is 0 Å². The number of fused-ring (bicyclic) bond motifs is 1. The molecular weight excluding hydrogens is 326 g/mol. The van der Waals surface area contributed by atoms with Crippen LogP contribution in [-0.2, 0) is 11.3 Å². The Morgan fingerprint density at radius 2 is 2.00 bits per heavy atom. The number of ether oxygens (including phenoxy) is 1. The maximum atomic E-state index is 6.05. The summed E-state index contributed by atoms with van der Waals surface area (Å²) in [6.45, 7) is 5.73. The van der Waals surface area contributed by atoms with Gasteiger partial charge in [-0.3, -0.25) is 4.99 Å². The number of furan rings is 1. The van der Waals surface area contributed by atoms with Gasteiger partial charge >= 0.3 is 0 Å². The van der Waals surface area contributed by atoms with Crippen molar-refractivity contribution in [1.29, 1.82) is 0 Å². The Balaban J connectivity index is 1.31. The molecule has 0 amide bonds. The van der Waals surface area contributed by atoms with Crippen LogP contribution in [0.1, 0.15) is 37.0 Å². The summed E-state index contributed by atoms with van der Waals surface area (Å²) in [5.74, 6) is 2.77. The van der Waals surface area contributed by atoms with Gasteiger partial charge < -0.3 is 19.4 Å². The molecular formula is C21H29N3O2. The van der Waals surface area contributed by atoms with Gasteiger partial charge in [-0.1, -0.05) is 18.2 Å². The third-order valence-electron chi connectivity index (χ3n) is 5.57. The molecule has 1 saturated heterocycles. The normalized spacial score (nSPS) is 19.3. The summed E-state index contributed by atoms with van der Waals surface area (Å²) in [4.78, 5) is 6.80. The van der Waals surface area contributed by atoms with Crippen molar-refractivity contribution in [2.45, 2.75) is 45.3 Å². The van der Waals surface area contributed by atoms with Crippen LogP contribution in [0.15, 0.2) is 33.7 Å². The Morgan fingerprint density at radius 1 is 1.23 bits per heavy atom. The van der Waals surface area contributed by atoms with Crippen molar-refractivity contribution in [2.24, 2.45) is 10.9 Å². The summed E-state index contributed by atoms with van der Waals surface area (Å²) >= 11 is 0. The quantitative estimate of drug-likeness (QED) is 0.656. The monoisotopic (exact) mass is 355 g/mol. The Kier molecular flexibility index (Phi) is 5.16. The van der Waals surface area contributed by atoms with Gasteiger partial charge in [0.05, 0.1) is 12.6 Å². The lowest BCUT2D eigenvalue weighted by Crippen LogP contribution is -2.46. The first-order valence-electron chi connectivity index (χ1n) is 9.79. The van der Waals surface area contributed by atoms with Gasteiger partial charge in [-0.15, -0.1) is 0 Å². The highest BCUT2D eigenvalue weighted by atomic mass is 16.5. The van der Waals surface area contributed by atoms with E-state index in [1.54, 1.807) is 0 Å². The number of hydrogen-bond acceptors (Lipinski definition) is 3. The average molecular weight is 355 g/mol. The van der Waals surface area contributed by atoms with E-state index in [1.807, 2.05) is 19.2 Å². The molecule has 2 fully saturated rings. The van der Waals surface area contributed by atoms with Crippen molar-refractivity contribution in [3.8, 4) is 0 Å². The zero-order valence-corrected chi connectivity index (χ0v) is 15.8. The summed E-state index contributed by atoms with van der Waals surface area (Å²) in [5.41, 5.74) is 2.15. The molecule has 0 spiro atoms. The number of rotatable bonds is 5. The molecule has 0 radical (unpaired) electrons. The molecule has 5 heteroatoms. The van der Waals surface area contributed by atoms with Gasteiger partial charge in [0.25, 0.3) is 0 Å². The average Bonchev–Trinajstić information content (AvgIpc) is 3.46. The topological polar surface area (TPSA) is 50.0 Å². The molecule has 1 aromatic heterocycles. The predicted octanol–water partition coefficient (Wildman–Crippen LogP) is 3.71. The number of hydrogen-bond donors (Lipinski definition) is 1. The van der Waals surface area contributed by atoms with E-state index in [9.17, 15) is 0 Å². The van der Waals surface area contributed by atoms with Crippen LogP contribution in [0.2, 0.25) is 0 Å². The van der Waals surface area contributed by atoms with Gasteiger partial charge in [0, 0.05) is 37.7 Å². The summed E-state index contributed by atoms with van der Waals surface area (Å²) in [5, 5.41) is 4.66. The molecule has 4 rings (SSSR count). The number of nitrogens with one attached hydrogen (secondary N) is 1. The maximum absolute atomic E-state index is 6.05. The highest BCUT2D eigenvalue weighted by molar-refractivity contribution is 5.83. The summed E-state index contributed by atoms with van der Waals surface area (Å²) in [6, 6.07) is 8.19. The Morgan fingerprint density at radius 3 is 2.69 bits per heavy atom. The molecule has 1 aliphatic heterocycles. The largest absolute Gasteiger partial charge is 0.459 e. The van der Waals surface area contributed by atoms with Gasteiger partial charge in [-0.2, -0.15) is 0 Å². The van der Waals surface area contributed by atoms with Gasteiger partial charge in [0.2, 0.25) is 0 Å². The lowest BCUT2D eigenvalue weighted by Gasteiger charge is -2.34. The van der Waals surface area contributed by atoms with Crippen LogP contribution in [0.25, 0.3) is 11.0 Å². The minimum atomic E-state index is 0.419. The van der Waals surface area contributed by atoms with E-state index in [4.69, 9.17) is 9.15 Å². The third kappa shape index (κ3) is 3.88. The Labute approximate surface area is 155 Å². The Hall–Kier alpha value is -2.01. The first kappa shape index (κ1) is 17.4. The SMILES string of the molecule is CN=C(NCc1oc2ccccc2c1C)N1CCC(OCC2CC2)CC1. The van der Waals surface area contributed by atoms with Gasteiger partial charge in [0.15, 0.2) is 5.96 Å². The third-order valence-corrected chi connectivity index (χ3v) is 5.57. The van der Waals surface area contributed by atoms with E-state index >= 15 is 0 Å². The molecule has 26 heavy (non-hydrogen) atoms. The van der Waals surface area contributed by atoms with E-state index in [-0.39, 0.29) is 0 Å². The Bertz CT molecular complexity index is 771. The first-order valence-corrected chi connectivity index (χ1v) is 9.79. The fourth-order valence-electron chi connectivity index (χ4n) is 3.68. The zero-order chi connectivity index (χ0) is 17.9. The predicted molar refractivity (Wildman–Crippen MR) is 104 cm³/mol. The van der Waals surface area contributed by atoms with Gasteiger partial charge in [0.1, 0.15) is 11.3 Å². The molecule has 2 aromatic rings. The molecule has 1 aromatic carbocycles. The number of piperidine rings is 1.